The maximum atomic E-state index is 12.5. The van der Waals surface area contributed by atoms with Crippen molar-refractivity contribution in [2.24, 2.45) is 0 Å². The molecule has 0 unspecified atom stereocenters. The van der Waals surface area contributed by atoms with Gasteiger partial charge >= 0.3 is 0 Å². The van der Waals surface area contributed by atoms with Gasteiger partial charge < -0.3 is 0 Å². The lowest BCUT2D eigenvalue weighted by Crippen LogP contribution is -2.23. The minimum atomic E-state index is -0.124. The lowest BCUT2D eigenvalue weighted by molar-refractivity contribution is 0.937. The van der Waals surface area contributed by atoms with Crippen LogP contribution in [0.15, 0.2) is 53.3 Å². The van der Waals surface area contributed by atoms with Gasteiger partial charge in [0.05, 0.1) is 4.53 Å². The number of hydrogen-bond acceptors (Lipinski definition) is 4. The first-order chi connectivity index (χ1) is 11.6. The van der Waals surface area contributed by atoms with E-state index in [1.165, 1.54) is 27.0 Å². The van der Waals surface area contributed by atoms with E-state index < -0.39 is 0 Å². The molecule has 0 fully saturated rings. The second-order valence-corrected chi connectivity index (χ2v) is 6.83. The number of thiazole rings is 1. The Hall–Kier alpha value is -2.79. The maximum absolute atomic E-state index is 12.5. The van der Waals surface area contributed by atoms with Crippen molar-refractivity contribution < 1.29 is 0 Å². The van der Waals surface area contributed by atoms with Crippen molar-refractivity contribution in [1.82, 2.24) is 14.6 Å². The van der Waals surface area contributed by atoms with Gasteiger partial charge in [0.1, 0.15) is 0 Å². The van der Waals surface area contributed by atoms with Gasteiger partial charge in [0.2, 0.25) is 4.96 Å². The van der Waals surface area contributed by atoms with E-state index in [4.69, 9.17) is 0 Å². The van der Waals surface area contributed by atoms with E-state index >= 15 is 0 Å². The van der Waals surface area contributed by atoms with Crippen LogP contribution >= 0.6 is 11.3 Å². The van der Waals surface area contributed by atoms with Gasteiger partial charge in [-0.2, -0.15) is 9.50 Å². The lowest BCUT2D eigenvalue weighted by Gasteiger charge is -1.95. The first-order valence-corrected chi connectivity index (χ1v) is 8.47. The lowest BCUT2D eigenvalue weighted by atomic mass is 10.1. The highest BCUT2D eigenvalue weighted by Crippen LogP contribution is 2.17. The van der Waals surface area contributed by atoms with Crippen LogP contribution in [0.2, 0.25) is 0 Å². The molecule has 4 aromatic rings. The third-order valence-corrected chi connectivity index (χ3v) is 4.83. The van der Waals surface area contributed by atoms with Gasteiger partial charge in [-0.25, -0.2) is 0 Å². The third-order valence-electron chi connectivity index (χ3n) is 3.87. The summed E-state index contributed by atoms with van der Waals surface area (Å²) in [6.45, 7) is 4.07. The molecule has 2 aromatic heterocycles. The Balaban J connectivity index is 1.79. The summed E-state index contributed by atoms with van der Waals surface area (Å²) >= 11 is 1.36. The van der Waals surface area contributed by atoms with Crippen LogP contribution in [0.3, 0.4) is 0 Å². The molecule has 0 saturated carbocycles. The predicted molar refractivity (Wildman–Crippen MR) is 97.3 cm³/mol. The largest absolute Gasteiger partial charge is 0.291 e. The number of aromatic nitrogens is 3. The SMILES string of the molecule is Cc1ccc(C=c2sc3nc(-c4ccc(C)cc4)nn3c2=O)cc1. The minimum absolute atomic E-state index is 0.124. The average Bonchev–Trinajstić information content (AvgIpc) is 3.11. The topological polar surface area (TPSA) is 47.3 Å². The van der Waals surface area contributed by atoms with Crippen LogP contribution in [0.5, 0.6) is 0 Å². The van der Waals surface area contributed by atoms with E-state index in [9.17, 15) is 4.79 Å². The van der Waals surface area contributed by atoms with Crippen LogP contribution in [0.1, 0.15) is 16.7 Å². The fourth-order valence-electron chi connectivity index (χ4n) is 2.47. The van der Waals surface area contributed by atoms with Gasteiger partial charge in [0.25, 0.3) is 5.56 Å². The Morgan fingerprint density at radius 3 is 2.21 bits per heavy atom. The quantitative estimate of drug-likeness (QED) is 0.566. The van der Waals surface area contributed by atoms with Crippen molar-refractivity contribution in [3.8, 4) is 11.4 Å². The van der Waals surface area contributed by atoms with Gasteiger partial charge in [-0.1, -0.05) is 71.0 Å². The molecule has 0 atom stereocenters. The Morgan fingerprint density at radius 2 is 1.58 bits per heavy atom. The summed E-state index contributed by atoms with van der Waals surface area (Å²) in [4.78, 5) is 17.7. The molecule has 0 N–H and O–H groups in total. The number of benzene rings is 2. The average molecular weight is 333 g/mol. The molecule has 4 nitrogen and oxygen atoms in total. The number of hydrogen-bond donors (Lipinski definition) is 0. The van der Waals surface area contributed by atoms with Crippen LogP contribution < -0.4 is 10.1 Å². The van der Waals surface area contributed by atoms with E-state index in [2.05, 4.69) is 10.1 Å². The second-order valence-electron chi connectivity index (χ2n) is 5.82. The summed E-state index contributed by atoms with van der Waals surface area (Å²) < 4.78 is 2.03. The minimum Gasteiger partial charge on any atom is -0.266 e. The van der Waals surface area contributed by atoms with Crippen molar-refractivity contribution in [2.75, 3.05) is 0 Å². The summed E-state index contributed by atoms with van der Waals surface area (Å²) in [6.07, 6.45) is 1.88. The molecule has 5 heteroatoms. The molecule has 24 heavy (non-hydrogen) atoms. The normalized spacial score (nSPS) is 12.2. The molecule has 0 aliphatic heterocycles. The van der Waals surface area contributed by atoms with Crippen molar-refractivity contribution >= 4 is 22.4 Å². The zero-order chi connectivity index (χ0) is 16.7. The molecule has 0 radical (unpaired) electrons. The van der Waals surface area contributed by atoms with E-state index in [0.29, 0.717) is 15.3 Å². The van der Waals surface area contributed by atoms with Crippen LogP contribution in [0, 0.1) is 13.8 Å². The Bertz CT molecular complexity index is 1120. The Labute approximate surface area is 142 Å². The highest BCUT2D eigenvalue weighted by Gasteiger charge is 2.11. The standard InChI is InChI=1S/C19H15N3OS/c1-12-3-7-14(8-4-12)11-16-18(23)22-19(24-16)20-17(21-22)15-9-5-13(2)6-10-15/h3-11H,1-2H3. The highest BCUT2D eigenvalue weighted by atomic mass is 32.1. The predicted octanol–water partition coefficient (Wildman–Crippen LogP) is 2.98. The Morgan fingerprint density at radius 1 is 0.958 bits per heavy atom. The van der Waals surface area contributed by atoms with Crippen LogP contribution in [0.4, 0.5) is 0 Å². The first-order valence-electron chi connectivity index (χ1n) is 7.65. The van der Waals surface area contributed by atoms with Gasteiger partial charge in [-0.05, 0) is 25.5 Å². The van der Waals surface area contributed by atoms with Gasteiger partial charge in [-0.15, -0.1) is 5.10 Å². The summed E-state index contributed by atoms with van der Waals surface area (Å²) in [7, 11) is 0. The van der Waals surface area contributed by atoms with Crippen LogP contribution in [-0.4, -0.2) is 14.6 Å². The molecule has 0 aliphatic carbocycles. The molecule has 0 aliphatic rings. The van der Waals surface area contributed by atoms with Crippen LogP contribution in [0.25, 0.3) is 22.4 Å². The van der Waals surface area contributed by atoms with Crippen molar-refractivity contribution in [3.63, 3.8) is 0 Å². The molecule has 4 rings (SSSR count). The molecule has 0 amide bonds. The molecule has 2 heterocycles. The molecule has 0 spiro atoms. The number of rotatable bonds is 2. The van der Waals surface area contributed by atoms with Crippen molar-refractivity contribution in [2.45, 2.75) is 13.8 Å². The first kappa shape index (κ1) is 14.8. The zero-order valence-corrected chi connectivity index (χ0v) is 14.2. The molecular formula is C19H15N3OS. The molecule has 2 aromatic carbocycles. The number of nitrogens with zero attached hydrogens (tertiary/aromatic N) is 3. The molecule has 0 bridgehead atoms. The van der Waals surface area contributed by atoms with E-state index in [0.717, 1.165) is 11.1 Å². The third kappa shape index (κ3) is 2.63. The van der Waals surface area contributed by atoms with Crippen LogP contribution in [-0.2, 0) is 0 Å². The summed E-state index contributed by atoms with van der Waals surface area (Å²) in [5, 5.41) is 4.37. The van der Waals surface area contributed by atoms with Gasteiger partial charge in [0, 0.05) is 5.56 Å². The maximum Gasteiger partial charge on any atom is 0.291 e. The van der Waals surface area contributed by atoms with E-state index in [1.54, 1.807) is 0 Å². The van der Waals surface area contributed by atoms with Gasteiger partial charge in [0.15, 0.2) is 5.82 Å². The fourth-order valence-corrected chi connectivity index (χ4v) is 3.38. The van der Waals surface area contributed by atoms with Crippen molar-refractivity contribution in [1.29, 1.82) is 0 Å². The van der Waals surface area contributed by atoms with Crippen molar-refractivity contribution in [3.05, 3.63) is 80.1 Å². The molecular weight excluding hydrogens is 318 g/mol. The van der Waals surface area contributed by atoms with E-state index in [-0.39, 0.29) is 5.56 Å². The summed E-state index contributed by atoms with van der Waals surface area (Å²) in [5.41, 5.74) is 4.17. The fraction of sp³-hybridized carbons (Fsp3) is 0.105. The van der Waals surface area contributed by atoms with E-state index in [1.807, 2.05) is 68.5 Å². The number of fused-ring (bicyclic) bond motifs is 1. The monoisotopic (exact) mass is 333 g/mol. The zero-order valence-electron chi connectivity index (χ0n) is 13.4. The summed E-state index contributed by atoms with van der Waals surface area (Å²) in [6, 6.07) is 16.0. The number of aryl methyl sites for hydroxylation is 2. The van der Waals surface area contributed by atoms with Gasteiger partial charge in [-0.3, -0.25) is 4.79 Å². The highest BCUT2D eigenvalue weighted by molar-refractivity contribution is 7.15. The summed E-state index contributed by atoms with van der Waals surface area (Å²) in [5.74, 6) is 0.584. The molecule has 0 saturated heterocycles. The smallest absolute Gasteiger partial charge is 0.266 e. The molecule has 118 valence electrons. The second kappa shape index (κ2) is 5.69. The Kier molecular flexibility index (Phi) is 3.50.